The predicted molar refractivity (Wildman–Crippen MR) is 116 cm³/mol. The Balaban J connectivity index is 1.80. The van der Waals surface area contributed by atoms with Crippen molar-refractivity contribution in [2.45, 2.75) is 18.3 Å². The highest BCUT2D eigenvalue weighted by atomic mass is 79.9. The first-order valence-electron chi connectivity index (χ1n) is 9.09. The maximum absolute atomic E-state index is 11.0. The minimum absolute atomic E-state index is 0.336. The number of benzene rings is 2. The SMILES string of the molecule is CCSc1nnc2c(n1)OC(c1ccccc1OCC(=O)O)Nc1ccc(Br)cc1-2. The van der Waals surface area contributed by atoms with E-state index in [1.807, 2.05) is 37.3 Å². The first kappa shape index (κ1) is 20.4. The number of nitrogens with one attached hydrogen (secondary N) is 1. The first-order chi connectivity index (χ1) is 14.5. The Hall–Kier alpha value is -2.85. The van der Waals surface area contributed by atoms with Crippen LogP contribution < -0.4 is 14.8 Å². The third-order valence-electron chi connectivity index (χ3n) is 4.21. The third kappa shape index (κ3) is 4.34. The molecule has 0 fully saturated rings. The Morgan fingerprint density at radius 3 is 2.93 bits per heavy atom. The van der Waals surface area contributed by atoms with E-state index in [2.05, 4.69) is 36.4 Å². The van der Waals surface area contributed by atoms with Crippen molar-refractivity contribution >= 4 is 39.3 Å². The van der Waals surface area contributed by atoms with Gasteiger partial charge in [-0.25, -0.2) is 4.79 Å². The predicted octanol–water partition coefficient (Wildman–Crippen LogP) is 4.38. The van der Waals surface area contributed by atoms with E-state index in [1.165, 1.54) is 11.8 Å². The summed E-state index contributed by atoms with van der Waals surface area (Å²) < 4.78 is 12.6. The molecule has 1 aliphatic heterocycles. The molecule has 0 aliphatic carbocycles. The second kappa shape index (κ2) is 8.88. The molecule has 0 saturated heterocycles. The molecular formula is C20H17BrN4O4S. The number of anilines is 1. The average molecular weight is 489 g/mol. The van der Waals surface area contributed by atoms with Crippen LogP contribution >= 0.6 is 27.7 Å². The minimum Gasteiger partial charge on any atom is -0.481 e. The van der Waals surface area contributed by atoms with Gasteiger partial charge in [-0.1, -0.05) is 46.7 Å². The lowest BCUT2D eigenvalue weighted by atomic mass is 10.1. The lowest BCUT2D eigenvalue weighted by Gasteiger charge is -2.21. The van der Waals surface area contributed by atoms with E-state index < -0.39 is 18.8 Å². The third-order valence-corrected chi connectivity index (χ3v) is 5.43. The van der Waals surface area contributed by atoms with Crippen molar-refractivity contribution in [1.82, 2.24) is 15.2 Å². The highest BCUT2D eigenvalue weighted by molar-refractivity contribution is 9.10. The van der Waals surface area contributed by atoms with Gasteiger partial charge >= 0.3 is 5.97 Å². The number of ether oxygens (including phenoxy) is 2. The molecule has 0 spiro atoms. The quantitative estimate of drug-likeness (QED) is 0.488. The van der Waals surface area contributed by atoms with E-state index in [0.29, 0.717) is 28.0 Å². The molecule has 0 saturated carbocycles. The van der Waals surface area contributed by atoms with E-state index in [1.54, 1.807) is 12.1 Å². The van der Waals surface area contributed by atoms with Crippen molar-refractivity contribution in [1.29, 1.82) is 0 Å². The fraction of sp³-hybridized carbons (Fsp3) is 0.200. The second-order valence-corrected chi connectivity index (χ2v) is 8.38. The largest absolute Gasteiger partial charge is 0.481 e. The van der Waals surface area contributed by atoms with Gasteiger partial charge in [0.05, 0.1) is 5.56 Å². The van der Waals surface area contributed by atoms with Crippen molar-refractivity contribution in [2.24, 2.45) is 0 Å². The van der Waals surface area contributed by atoms with Gasteiger partial charge in [-0.2, -0.15) is 4.98 Å². The molecule has 1 aliphatic rings. The highest BCUT2D eigenvalue weighted by Crippen LogP contribution is 2.42. The van der Waals surface area contributed by atoms with Crippen molar-refractivity contribution in [3.63, 3.8) is 0 Å². The fourth-order valence-electron chi connectivity index (χ4n) is 2.97. The summed E-state index contributed by atoms with van der Waals surface area (Å²) in [5.74, 6) is 0.488. The molecule has 1 unspecified atom stereocenters. The number of thioether (sulfide) groups is 1. The van der Waals surface area contributed by atoms with Gasteiger partial charge in [0.25, 0.3) is 0 Å². The van der Waals surface area contributed by atoms with Crippen LogP contribution in [0.1, 0.15) is 18.7 Å². The Morgan fingerprint density at radius 2 is 2.13 bits per heavy atom. The minimum atomic E-state index is -1.06. The van der Waals surface area contributed by atoms with Gasteiger partial charge in [0.2, 0.25) is 17.3 Å². The highest BCUT2D eigenvalue weighted by Gasteiger charge is 2.28. The smallest absolute Gasteiger partial charge is 0.341 e. The van der Waals surface area contributed by atoms with E-state index in [9.17, 15) is 4.79 Å². The molecule has 4 rings (SSSR count). The van der Waals surface area contributed by atoms with Gasteiger partial charge in [0.15, 0.2) is 12.3 Å². The number of aromatic nitrogens is 3. The van der Waals surface area contributed by atoms with Gasteiger partial charge in [0, 0.05) is 15.7 Å². The zero-order chi connectivity index (χ0) is 21.1. The number of rotatable bonds is 6. The van der Waals surface area contributed by atoms with Gasteiger partial charge in [-0.15, -0.1) is 10.2 Å². The number of halogens is 1. The van der Waals surface area contributed by atoms with Gasteiger partial charge in [0.1, 0.15) is 5.75 Å². The van der Waals surface area contributed by atoms with Crippen LogP contribution in [-0.2, 0) is 4.79 Å². The van der Waals surface area contributed by atoms with Crippen molar-refractivity contribution in [2.75, 3.05) is 17.7 Å². The Labute approximate surface area is 185 Å². The summed E-state index contributed by atoms with van der Waals surface area (Å²) in [5, 5.41) is 21.4. The Morgan fingerprint density at radius 1 is 1.30 bits per heavy atom. The molecule has 0 bridgehead atoms. The molecule has 1 atom stereocenters. The molecule has 8 nitrogen and oxygen atoms in total. The molecule has 0 radical (unpaired) electrons. The topological polar surface area (TPSA) is 106 Å². The second-order valence-electron chi connectivity index (χ2n) is 6.23. The number of nitrogens with zero attached hydrogens (tertiary/aromatic N) is 3. The number of para-hydroxylation sites is 1. The van der Waals surface area contributed by atoms with Crippen LogP contribution in [-0.4, -0.2) is 38.6 Å². The maximum Gasteiger partial charge on any atom is 0.341 e. The zero-order valence-electron chi connectivity index (χ0n) is 15.8. The standard InChI is InChI=1S/C20H17BrN4O4S/c1-2-30-20-23-19-17(24-25-20)13-9-11(21)7-8-14(13)22-18(29-19)12-5-3-4-6-15(12)28-10-16(26)27/h3-9,18,22H,2,10H2,1H3,(H,26,27). The summed E-state index contributed by atoms with van der Waals surface area (Å²) >= 11 is 4.96. The molecule has 0 amide bonds. The van der Waals surface area contributed by atoms with Crippen LogP contribution in [0.2, 0.25) is 0 Å². The summed E-state index contributed by atoms with van der Waals surface area (Å²) in [5.41, 5.74) is 2.73. The number of fused-ring (bicyclic) bond motifs is 3. The van der Waals surface area contributed by atoms with Crippen LogP contribution in [0.15, 0.2) is 52.1 Å². The molecule has 2 aromatic carbocycles. The van der Waals surface area contributed by atoms with Gasteiger partial charge < -0.3 is 19.9 Å². The Kier molecular flexibility index (Phi) is 6.05. The summed E-state index contributed by atoms with van der Waals surface area (Å²) in [4.78, 5) is 15.5. The summed E-state index contributed by atoms with van der Waals surface area (Å²) in [7, 11) is 0. The fourth-order valence-corrected chi connectivity index (χ4v) is 3.83. The molecule has 1 aromatic heterocycles. The number of hydrogen-bond acceptors (Lipinski definition) is 8. The number of carboxylic acids is 1. The normalized spacial score (nSPS) is 14.5. The van der Waals surface area contributed by atoms with Crippen LogP contribution in [0.25, 0.3) is 11.3 Å². The lowest BCUT2D eigenvalue weighted by molar-refractivity contribution is -0.139. The van der Waals surface area contributed by atoms with Crippen molar-refractivity contribution in [3.8, 4) is 22.9 Å². The van der Waals surface area contributed by atoms with E-state index >= 15 is 0 Å². The summed E-state index contributed by atoms with van der Waals surface area (Å²) in [6.07, 6.45) is -0.674. The van der Waals surface area contributed by atoms with Gasteiger partial charge in [-0.05, 0) is 36.1 Å². The van der Waals surface area contributed by atoms with E-state index in [-0.39, 0.29) is 0 Å². The number of carbonyl (C=O) groups is 1. The summed E-state index contributed by atoms with van der Waals surface area (Å²) in [6.45, 7) is 1.55. The summed E-state index contributed by atoms with van der Waals surface area (Å²) in [6, 6.07) is 12.9. The Bertz CT molecular complexity index is 1100. The van der Waals surface area contributed by atoms with Crippen molar-refractivity contribution < 1.29 is 19.4 Å². The van der Waals surface area contributed by atoms with E-state index in [4.69, 9.17) is 14.6 Å². The molecular weight excluding hydrogens is 472 g/mol. The van der Waals surface area contributed by atoms with Crippen molar-refractivity contribution in [3.05, 3.63) is 52.5 Å². The number of hydrogen-bond donors (Lipinski definition) is 2. The van der Waals surface area contributed by atoms with Crippen LogP contribution in [0.5, 0.6) is 11.6 Å². The van der Waals surface area contributed by atoms with Crippen LogP contribution in [0.3, 0.4) is 0 Å². The number of aliphatic carboxylic acids is 1. The molecule has 30 heavy (non-hydrogen) atoms. The number of carboxylic acid groups (broad SMARTS) is 1. The molecule has 2 N–H and O–H groups in total. The van der Waals surface area contributed by atoms with E-state index in [0.717, 1.165) is 21.5 Å². The average Bonchev–Trinajstić information content (AvgIpc) is 2.89. The lowest BCUT2D eigenvalue weighted by Crippen LogP contribution is -2.19. The first-order valence-corrected chi connectivity index (χ1v) is 10.9. The molecule has 2 heterocycles. The molecule has 3 aromatic rings. The van der Waals surface area contributed by atoms with Crippen LogP contribution in [0, 0.1) is 0 Å². The monoisotopic (exact) mass is 488 g/mol. The zero-order valence-corrected chi connectivity index (χ0v) is 18.2. The molecule has 10 heteroatoms. The maximum atomic E-state index is 11.0. The molecule has 154 valence electrons. The van der Waals surface area contributed by atoms with Gasteiger partial charge in [-0.3, -0.25) is 0 Å². The van der Waals surface area contributed by atoms with Crippen LogP contribution in [0.4, 0.5) is 5.69 Å².